The summed E-state index contributed by atoms with van der Waals surface area (Å²) >= 11 is 0. The van der Waals surface area contributed by atoms with Crippen LogP contribution in [0.25, 0.3) is 0 Å². The summed E-state index contributed by atoms with van der Waals surface area (Å²) in [6.45, 7) is 2.03. The van der Waals surface area contributed by atoms with E-state index in [2.05, 4.69) is 9.97 Å². The standard InChI is InChI=1S/C10H14N2O3/c1-3-4-8-11-6-7(5-9(13)14)10(12-8)15-2/h6H,3-5H2,1-2H3,(H,13,14). The van der Waals surface area contributed by atoms with Gasteiger partial charge in [-0.25, -0.2) is 4.98 Å². The van der Waals surface area contributed by atoms with Crippen LogP contribution in [-0.4, -0.2) is 28.2 Å². The normalized spacial score (nSPS) is 10.0. The van der Waals surface area contributed by atoms with Crippen LogP contribution in [0.15, 0.2) is 6.20 Å². The lowest BCUT2D eigenvalue weighted by molar-refractivity contribution is -0.136. The van der Waals surface area contributed by atoms with E-state index in [0.29, 0.717) is 17.3 Å². The number of hydrogen-bond donors (Lipinski definition) is 1. The molecule has 5 heteroatoms. The molecule has 1 aromatic rings. The van der Waals surface area contributed by atoms with E-state index >= 15 is 0 Å². The van der Waals surface area contributed by atoms with Crippen molar-refractivity contribution in [1.29, 1.82) is 0 Å². The van der Waals surface area contributed by atoms with Crippen molar-refractivity contribution in [1.82, 2.24) is 9.97 Å². The van der Waals surface area contributed by atoms with Gasteiger partial charge in [-0.2, -0.15) is 4.98 Å². The maximum Gasteiger partial charge on any atom is 0.308 e. The summed E-state index contributed by atoms with van der Waals surface area (Å²) in [5.74, 6) is 0.125. The van der Waals surface area contributed by atoms with Gasteiger partial charge >= 0.3 is 5.97 Å². The lowest BCUT2D eigenvalue weighted by Gasteiger charge is -2.06. The molecule has 1 rings (SSSR count). The first kappa shape index (κ1) is 11.4. The molecule has 0 aliphatic carbocycles. The van der Waals surface area contributed by atoms with Gasteiger partial charge in [-0.3, -0.25) is 4.79 Å². The zero-order valence-corrected chi connectivity index (χ0v) is 8.86. The van der Waals surface area contributed by atoms with Gasteiger partial charge in [0.1, 0.15) is 5.82 Å². The van der Waals surface area contributed by atoms with E-state index in [1.165, 1.54) is 13.3 Å². The van der Waals surface area contributed by atoms with Crippen LogP contribution in [0.1, 0.15) is 24.7 Å². The topological polar surface area (TPSA) is 72.3 Å². The summed E-state index contributed by atoms with van der Waals surface area (Å²) < 4.78 is 5.02. The summed E-state index contributed by atoms with van der Waals surface area (Å²) in [6.07, 6.45) is 3.12. The van der Waals surface area contributed by atoms with Crippen LogP contribution in [0.3, 0.4) is 0 Å². The van der Waals surface area contributed by atoms with Gasteiger partial charge in [0.15, 0.2) is 0 Å². The quantitative estimate of drug-likeness (QED) is 0.786. The van der Waals surface area contributed by atoms with Gasteiger partial charge in [-0.05, 0) is 6.42 Å². The first-order valence-corrected chi connectivity index (χ1v) is 4.78. The fraction of sp³-hybridized carbons (Fsp3) is 0.500. The molecule has 5 nitrogen and oxygen atoms in total. The molecule has 1 aromatic heterocycles. The van der Waals surface area contributed by atoms with Crippen molar-refractivity contribution < 1.29 is 14.6 Å². The second-order valence-corrected chi connectivity index (χ2v) is 3.14. The van der Waals surface area contributed by atoms with E-state index < -0.39 is 5.97 Å². The number of aliphatic carboxylic acids is 1. The van der Waals surface area contributed by atoms with Gasteiger partial charge in [0.05, 0.1) is 13.5 Å². The van der Waals surface area contributed by atoms with Crippen LogP contribution in [0.5, 0.6) is 5.88 Å². The molecule has 15 heavy (non-hydrogen) atoms. The van der Waals surface area contributed by atoms with Crippen molar-refractivity contribution in [2.45, 2.75) is 26.2 Å². The Bertz CT molecular complexity index is 353. The fourth-order valence-electron chi connectivity index (χ4n) is 1.23. The van der Waals surface area contributed by atoms with Crippen LogP contribution in [-0.2, 0) is 17.6 Å². The molecule has 0 saturated heterocycles. The van der Waals surface area contributed by atoms with Crippen LogP contribution in [0.2, 0.25) is 0 Å². The van der Waals surface area contributed by atoms with Gasteiger partial charge < -0.3 is 9.84 Å². The minimum atomic E-state index is -0.917. The number of nitrogens with zero attached hydrogens (tertiary/aromatic N) is 2. The zero-order chi connectivity index (χ0) is 11.3. The minimum Gasteiger partial charge on any atom is -0.481 e. The summed E-state index contributed by atoms with van der Waals surface area (Å²) in [6, 6.07) is 0. The number of ether oxygens (including phenoxy) is 1. The smallest absolute Gasteiger partial charge is 0.308 e. The second kappa shape index (κ2) is 5.29. The molecule has 0 bridgehead atoms. The first-order valence-electron chi connectivity index (χ1n) is 4.78. The van der Waals surface area contributed by atoms with Crippen molar-refractivity contribution in [2.75, 3.05) is 7.11 Å². The molecular formula is C10H14N2O3. The summed E-state index contributed by atoms with van der Waals surface area (Å²) in [5, 5.41) is 8.65. The second-order valence-electron chi connectivity index (χ2n) is 3.14. The largest absolute Gasteiger partial charge is 0.481 e. The molecule has 0 amide bonds. The number of carbonyl (C=O) groups is 1. The van der Waals surface area contributed by atoms with Crippen molar-refractivity contribution >= 4 is 5.97 Å². The Morgan fingerprint density at radius 2 is 2.33 bits per heavy atom. The SMILES string of the molecule is CCCc1ncc(CC(=O)O)c(OC)n1. The summed E-state index contributed by atoms with van der Waals surface area (Å²) in [4.78, 5) is 18.7. The Labute approximate surface area is 88.1 Å². The number of aromatic nitrogens is 2. The molecule has 0 aliphatic heterocycles. The highest BCUT2D eigenvalue weighted by atomic mass is 16.5. The molecule has 0 aliphatic rings. The Kier molecular flexibility index (Phi) is 4.03. The van der Waals surface area contributed by atoms with Gasteiger partial charge in [-0.1, -0.05) is 6.92 Å². The average molecular weight is 210 g/mol. The average Bonchev–Trinajstić information content (AvgIpc) is 2.20. The molecular weight excluding hydrogens is 196 g/mol. The van der Waals surface area contributed by atoms with Crippen molar-refractivity contribution in [3.63, 3.8) is 0 Å². The van der Waals surface area contributed by atoms with Crippen molar-refractivity contribution in [3.8, 4) is 5.88 Å². The Morgan fingerprint density at radius 3 is 2.87 bits per heavy atom. The van der Waals surface area contributed by atoms with E-state index in [9.17, 15) is 4.79 Å². The van der Waals surface area contributed by atoms with E-state index in [1.807, 2.05) is 6.92 Å². The number of aryl methyl sites for hydroxylation is 1. The highest BCUT2D eigenvalue weighted by Gasteiger charge is 2.10. The molecule has 0 aromatic carbocycles. The highest BCUT2D eigenvalue weighted by molar-refractivity contribution is 5.70. The summed E-state index contributed by atoms with van der Waals surface area (Å²) in [7, 11) is 1.48. The molecule has 0 fully saturated rings. The lowest BCUT2D eigenvalue weighted by Crippen LogP contribution is -2.06. The van der Waals surface area contributed by atoms with E-state index in [4.69, 9.17) is 9.84 Å². The zero-order valence-electron chi connectivity index (χ0n) is 8.86. The molecule has 0 spiro atoms. The van der Waals surface area contributed by atoms with Gasteiger partial charge in [0, 0.05) is 18.2 Å². The predicted molar refractivity (Wildman–Crippen MR) is 53.9 cm³/mol. The number of carboxylic acid groups (broad SMARTS) is 1. The number of methoxy groups -OCH3 is 1. The monoisotopic (exact) mass is 210 g/mol. The number of hydrogen-bond acceptors (Lipinski definition) is 4. The third kappa shape index (κ3) is 3.19. The molecule has 0 radical (unpaired) electrons. The molecule has 0 atom stereocenters. The minimum absolute atomic E-state index is 0.115. The van der Waals surface area contributed by atoms with Gasteiger partial charge in [-0.15, -0.1) is 0 Å². The fourth-order valence-corrected chi connectivity index (χ4v) is 1.23. The Morgan fingerprint density at radius 1 is 1.60 bits per heavy atom. The van der Waals surface area contributed by atoms with Crippen LogP contribution in [0, 0.1) is 0 Å². The molecule has 1 heterocycles. The maximum absolute atomic E-state index is 10.5. The van der Waals surface area contributed by atoms with Crippen LogP contribution >= 0.6 is 0 Å². The predicted octanol–water partition coefficient (Wildman–Crippen LogP) is 1.06. The van der Waals surface area contributed by atoms with E-state index in [0.717, 1.165) is 12.8 Å². The molecule has 0 unspecified atom stereocenters. The Hall–Kier alpha value is -1.65. The maximum atomic E-state index is 10.5. The number of carboxylic acids is 1. The van der Waals surface area contributed by atoms with Gasteiger partial charge in [0.2, 0.25) is 5.88 Å². The highest BCUT2D eigenvalue weighted by Crippen LogP contribution is 2.15. The molecule has 82 valence electrons. The molecule has 0 saturated carbocycles. The Balaban J connectivity index is 2.92. The summed E-state index contributed by atoms with van der Waals surface area (Å²) in [5.41, 5.74) is 0.504. The van der Waals surface area contributed by atoms with Crippen LogP contribution < -0.4 is 4.74 Å². The molecule has 1 N–H and O–H groups in total. The lowest BCUT2D eigenvalue weighted by atomic mass is 10.2. The van der Waals surface area contributed by atoms with Gasteiger partial charge in [0.25, 0.3) is 0 Å². The van der Waals surface area contributed by atoms with E-state index in [1.54, 1.807) is 0 Å². The first-order chi connectivity index (χ1) is 7.17. The third-order valence-corrected chi connectivity index (χ3v) is 1.88. The van der Waals surface area contributed by atoms with E-state index in [-0.39, 0.29) is 6.42 Å². The van der Waals surface area contributed by atoms with Crippen molar-refractivity contribution in [3.05, 3.63) is 17.6 Å². The van der Waals surface area contributed by atoms with Crippen LogP contribution in [0.4, 0.5) is 0 Å². The number of rotatable bonds is 5. The third-order valence-electron chi connectivity index (χ3n) is 1.88. The van der Waals surface area contributed by atoms with Crippen molar-refractivity contribution in [2.24, 2.45) is 0 Å².